The molecule has 2 heterocycles. The third kappa shape index (κ3) is 15.2. The summed E-state index contributed by atoms with van der Waals surface area (Å²) in [5.41, 5.74) is -2.58. The van der Waals surface area contributed by atoms with E-state index in [0.717, 1.165) is 25.7 Å². The molecule has 0 spiro atoms. The first kappa shape index (κ1) is 54.4. The molecule has 66 heavy (non-hydrogen) atoms. The highest BCUT2D eigenvalue weighted by atomic mass is 32.2. The molecule has 2 aliphatic heterocycles. The minimum absolute atomic E-state index is 0.0271. The van der Waals surface area contributed by atoms with Gasteiger partial charge in [0, 0.05) is 48.4 Å². The molecular formula is C44H70N4O14P2S2. The summed E-state index contributed by atoms with van der Waals surface area (Å²) in [5.74, 6) is 0. The first-order valence-electron chi connectivity index (χ1n) is 22.4. The zero-order valence-corrected chi connectivity index (χ0v) is 44.0. The molecule has 1 aliphatic carbocycles. The Kier molecular flexibility index (Phi) is 17.5. The molecule has 2 fully saturated rings. The van der Waals surface area contributed by atoms with E-state index in [0.29, 0.717) is 51.9 Å². The molecule has 5 rings (SSSR count). The molecule has 0 radical (unpaired) electrons. The average molecular weight is 1010 g/mol. The topological polar surface area (TPSA) is 207 Å². The van der Waals surface area contributed by atoms with Crippen LogP contribution < -0.4 is 0 Å². The van der Waals surface area contributed by atoms with E-state index in [1.54, 1.807) is 83.1 Å². The number of benzene rings is 2. The van der Waals surface area contributed by atoms with Crippen LogP contribution in [-0.2, 0) is 66.0 Å². The first-order chi connectivity index (χ1) is 30.4. The van der Waals surface area contributed by atoms with Crippen LogP contribution in [0.3, 0.4) is 0 Å². The van der Waals surface area contributed by atoms with Crippen molar-refractivity contribution in [2.45, 2.75) is 167 Å². The van der Waals surface area contributed by atoms with Crippen LogP contribution in [0.2, 0.25) is 0 Å². The maximum Gasteiger partial charge on any atom is 0.478 e. The average Bonchev–Trinajstić information content (AvgIpc) is 3.62. The van der Waals surface area contributed by atoms with Gasteiger partial charge in [0.05, 0.1) is 32.2 Å². The number of fused-ring (bicyclic) bond motifs is 2. The van der Waals surface area contributed by atoms with Crippen LogP contribution in [0.15, 0.2) is 56.5 Å². The largest absolute Gasteiger partial charge is 0.478 e. The van der Waals surface area contributed by atoms with Gasteiger partial charge in [0.25, 0.3) is 0 Å². The molecule has 0 saturated carbocycles. The first-order valence-corrected chi connectivity index (χ1v) is 28.2. The van der Waals surface area contributed by atoms with Gasteiger partial charge in [-0.05, 0) is 133 Å². The van der Waals surface area contributed by atoms with Gasteiger partial charge in [-0.3, -0.25) is 18.1 Å². The number of sulfonamides is 2. The Morgan fingerprint density at radius 3 is 1.03 bits per heavy atom. The van der Waals surface area contributed by atoms with Crippen molar-refractivity contribution in [3.05, 3.63) is 58.7 Å². The van der Waals surface area contributed by atoms with Gasteiger partial charge in [0.1, 0.15) is 11.4 Å². The van der Waals surface area contributed by atoms with E-state index in [4.69, 9.17) is 36.8 Å². The second-order valence-corrected chi connectivity index (χ2v) is 27.3. The smallest absolute Gasteiger partial charge is 0.366 e. The second-order valence-electron chi connectivity index (χ2n) is 20.4. The number of phosphoric acid groups is 2. The van der Waals surface area contributed by atoms with Crippen molar-refractivity contribution >= 4 is 47.1 Å². The van der Waals surface area contributed by atoms with Crippen LogP contribution in [0.1, 0.15) is 157 Å². The van der Waals surface area contributed by atoms with Gasteiger partial charge in [0.2, 0.25) is 33.6 Å². The highest BCUT2D eigenvalue weighted by Gasteiger charge is 2.40. The summed E-state index contributed by atoms with van der Waals surface area (Å²) in [4.78, 5) is 11.4. The Morgan fingerprint density at radius 1 is 0.470 bits per heavy atom. The Labute approximate surface area is 392 Å². The number of phosphoric ester groups is 2. The molecule has 0 aromatic heterocycles. The van der Waals surface area contributed by atoms with Crippen molar-refractivity contribution < 1.29 is 62.8 Å². The van der Waals surface area contributed by atoms with Crippen molar-refractivity contribution in [3.63, 3.8) is 0 Å². The molecular weight excluding hydrogens is 935 g/mol. The number of rotatable bonds is 16. The summed E-state index contributed by atoms with van der Waals surface area (Å²) in [6.07, 6.45) is 6.52. The van der Waals surface area contributed by atoms with E-state index in [2.05, 4.69) is 10.3 Å². The molecule has 3 aliphatic rings. The summed E-state index contributed by atoms with van der Waals surface area (Å²) < 4.78 is 122. The van der Waals surface area contributed by atoms with Crippen LogP contribution in [0.4, 0.5) is 0 Å². The molecule has 2 aromatic carbocycles. The SMILES string of the molecule is CC(C)(C)OP(=O)(OCO/N=C1\c2ccc(S(=O)(=O)N3CCCCCC3)cc2/C(=N/OCOP(=O)(OC(C)(C)C)OC(C)(C)C)c2ccc(S(=O)(=O)N3CCCCCC3)cc21)OC(C)(C)C. The fourth-order valence-electron chi connectivity index (χ4n) is 7.36. The lowest BCUT2D eigenvalue weighted by molar-refractivity contribution is -0.0491. The van der Waals surface area contributed by atoms with Crippen LogP contribution in [0.25, 0.3) is 0 Å². The Balaban J connectivity index is 1.66. The normalized spacial score (nSPS) is 19.3. The quantitative estimate of drug-likeness (QED) is 0.0566. The van der Waals surface area contributed by atoms with E-state index >= 15 is 0 Å². The molecule has 0 unspecified atom stereocenters. The van der Waals surface area contributed by atoms with Crippen molar-refractivity contribution in [1.29, 1.82) is 0 Å². The fraction of sp³-hybridized carbons (Fsp3) is 0.682. The minimum atomic E-state index is -4.25. The van der Waals surface area contributed by atoms with E-state index in [1.807, 2.05) is 0 Å². The zero-order chi connectivity index (χ0) is 49.0. The third-order valence-corrected chi connectivity index (χ3v) is 17.5. The summed E-state index contributed by atoms with van der Waals surface area (Å²) >= 11 is 0. The molecule has 0 bridgehead atoms. The Bertz CT molecular complexity index is 2200. The number of nitrogens with zero attached hydrogens (tertiary/aromatic N) is 4. The monoisotopic (exact) mass is 1000 g/mol. The Morgan fingerprint density at radius 2 is 0.758 bits per heavy atom. The van der Waals surface area contributed by atoms with Crippen LogP contribution in [0, 0.1) is 0 Å². The number of hydrogen-bond donors (Lipinski definition) is 0. The predicted octanol–water partition coefficient (Wildman–Crippen LogP) is 10.1. The number of hydrogen-bond acceptors (Lipinski definition) is 16. The molecule has 2 aromatic rings. The van der Waals surface area contributed by atoms with Crippen molar-refractivity contribution in [2.24, 2.45) is 10.3 Å². The molecule has 0 N–H and O–H groups in total. The molecule has 2 saturated heterocycles. The van der Waals surface area contributed by atoms with Crippen molar-refractivity contribution in [1.82, 2.24) is 8.61 Å². The van der Waals surface area contributed by atoms with Crippen molar-refractivity contribution in [3.8, 4) is 0 Å². The van der Waals surface area contributed by atoms with Crippen molar-refractivity contribution in [2.75, 3.05) is 39.8 Å². The fourth-order valence-corrected chi connectivity index (χ4v) is 13.8. The third-order valence-electron chi connectivity index (χ3n) is 9.79. The highest BCUT2D eigenvalue weighted by Crippen LogP contribution is 2.56. The van der Waals surface area contributed by atoms with Crippen LogP contribution >= 0.6 is 15.6 Å². The van der Waals surface area contributed by atoms with E-state index in [1.165, 1.54) is 45.0 Å². The van der Waals surface area contributed by atoms with Gasteiger partial charge < -0.3 is 9.68 Å². The minimum Gasteiger partial charge on any atom is -0.366 e. The lowest BCUT2D eigenvalue weighted by Crippen LogP contribution is -2.33. The predicted molar refractivity (Wildman–Crippen MR) is 251 cm³/mol. The highest BCUT2D eigenvalue weighted by molar-refractivity contribution is 7.89. The van der Waals surface area contributed by atoms with Gasteiger partial charge in [-0.25, -0.2) is 35.0 Å². The maximum absolute atomic E-state index is 14.3. The molecule has 372 valence electrons. The van der Waals surface area contributed by atoms with E-state index in [9.17, 15) is 26.0 Å². The van der Waals surface area contributed by atoms with Gasteiger partial charge >= 0.3 is 15.6 Å². The maximum atomic E-state index is 14.3. The lowest BCUT2D eigenvalue weighted by atomic mass is 9.83. The summed E-state index contributed by atoms with van der Waals surface area (Å²) in [7, 11) is -16.5. The van der Waals surface area contributed by atoms with Crippen LogP contribution in [-0.4, -0.2) is 99.0 Å². The molecule has 22 heteroatoms. The van der Waals surface area contributed by atoms with Gasteiger partial charge in [-0.2, -0.15) is 8.61 Å². The lowest BCUT2D eigenvalue weighted by Gasteiger charge is -2.30. The van der Waals surface area contributed by atoms with Crippen LogP contribution in [0.5, 0.6) is 0 Å². The zero-order valence-electron chi connectivity index (χ0n) is 40.6. The number of oxime groups is 2. The standard InChI is InChI=1S/C44H70N4O14P2S2/c1-41(2,3)59-63(49,60-42(4,5)6)57-31-55-45-39-35-23-21-34(66(53,54)48-27-19-15-16-20-28-48)30-38(35)40(46-56-32-58-64(50,61-43(7,8)9)62-44(10,11)12)36-24-22-33(29-37(36)39)65(51,52)47-25-17-13-14-18-26-47/h21-24,29-30H,13-20,25-28,31-32H2,1-12H3/b45-39+,46-40+. The molecule has 0 amide bonds. The summed E-state index contributed by atoms with van der Waals surface area (Å²) in [6.45, 7) is 20.3. The van der Waals surface area contributed by atoms with E-state index in [-0.39, 0.29) is 43.5 Å². The summed E-state index contributed by atoms with van der Waals surface area (Å²) in [5, 5.41) is 8.88. The van der Waals surface area contributed by atoms with Gasteiger partial charge in [-0.1, -0.05) is 48.1 Å². The molecule has 18 nitrogen and oxygen atoms in total. The Hall–Kier alpha value is -2.58. The molecule has 0 atom stereocenters. The van der Waals surface area contributed by atoms with Gasteiger partial charge in [-0.15, -0.1) is 0 Å². The van der Waals surface area contributed by atoms with Gasteiger partial charge in [0.15, 0.2) is 0 Å². The van der Waals surface area contributed by atoms with E-state index < -0.39 is 71.7 Å². The summed E-state index contributed by atoms with van der Waals surface area (Å²) in [6, 6.07) is 8.87. The second kappa shape index (κ2) is 21.2.